The lowest BCUT2D eigenvalue weighted by atomic mass is 10.1. The van der Waals surface area contributed by atoms with E-state index >= 15 is 0 Å². The molecule has 1 amide bonds. The largest absolute Gasteiger partial charge is 0.492 e. The number of aromatic nitrogens is 3. The van der Waals surface area contributed by atoms with Crippen LogP contribution in [0, 0.1) is 6.92 Å². The van der Waals surface area contributed by atoms with Crippen molar-refractivity contribution in [2.24, 2.45) is 0 Å². The van der Waals surface area contributed by atoms with Gasteiger partial charge in [0.15, 0.2) is 0 Å². The number of pyridine rings is 1. The molecule has 2 aromatic heterocycles. The van der Waals surface area contributed by atoms with E-state index in [0.29, 0.717) is 42.4 Å². The first-order valence-corrected chi connectivity index (χ1v) is 12.7. The molecule has 1 aliphatic heterocycles. The van der Waals surface area contributed by atoms with Crippen LogP contribution in [0.4, 0.5) is 28.7 Å². The van der Waals surface area contributed by atoms with Crippen molar-refractivity contribution in [2.45, 2.75) is 6.92 Å². The molecule has 10 nitrogen and oxygen atoms in total. The van der Waals surface area contributed by atoms with E-state index in [4.69, 9.17) is 4.74 Å². The number of rotatable bonds is 8. The van der Waals surface area contributed by atoms with Gasteiger partial charge in [0, 0.05) is 36.9 Å². The Morgan fingerprint density at radius 3 is 2.72 bits per heavy atom. The Bertz CT molecular complexity index is 1580. The molecule has 0 saturated carbocycles. The lowest BCUT2D eigenvalue weighted by Gasteiger charge is -2.38. The van der Waals surface area contributed by atoms with Gasteiger partial charge in [0.25, 0.3) is 11.5 Å². The number of aromatic amines is 1. The second-order valence-corrected chi connectivity index (χ2v) is 9.57. The van der Waals surface area contributed by atoms with Crippen molar-refractivity contribution in [1.82, 2.24) is 19.9 Å². The molecule has 3 heterocycles. The third-order valence-electron chi connectivity index (χ3n) is 6.55. The van der Waals surface area contributed by atoms with Crippen LogP contribution in [-0.4, -0.2) is 66.1 Å². The Hall–Kier alpha value is -4.70. The predicted molar refractivity (Wildman–Crippen MR) is 155 cm³/mol. The number of para-hydroxylation sites is 1. The molecule has 39 heavy (non-hydrogen) atoms. The number of nitrogens with one attached hydrogen (secondary N) is 2. The average molecular weight is 526 g/mol. The first-order chi connectivity index (χ1) is 18.8. The van der Waals surface area contributed by atoms with Crippen LogP contribution in [0.5, 0.6) is 5.75 Å². The van der Waals surface area contributed by atoms with Gasteiger partial charge in [-0.25, -0.2) is 4.98 Å². The smallest absolute Gasteiger partial charge is 0.273 e. The highest BCUT2D eigenvalue weighted by atomic mass is 16.5. The molecular weight excluding hydrogens is 494 g/mol. The summed E-state index contributed by atoms with van der Waals surface area (Å²) in [7, 11) is 4.01. The SMILES string of the molecule is C=CC(=O)N1CCN(c2cc3cnc(Nc4ccc(OCCN(C)C)cc4)nc3[nH]c2=O)c2cccc(C)c21. The number of aryl methyl sites for hydroxylation is 1. The summed E-state index contributed by atoms with van der Waals surface area (Å²) >= 11 is 0. The molecule has 2 aromatic carbocycles. The quantitative estimate of drug-likeness (QED) is 0.333. The molecule has 4 aromatic rings. The van der Waals surface area contributed by atoms with Crippen molar-refractivity contribution >= 4 is 45.6 Å². The third kappa shape index (κ3) is 5.46. The summed E-state index contributed by atoms with van der Waals surface area (Å²) in [4.78, 5) is 43.3. The molecule has 2 N–H and O–H groups in total. The number of hydrogen-bond donors (Lipinski definition) is 2. The van der Waals surface area contributed by atoms with Crippen molar-refractivity contribution in [3.8, 4) is 5.75 Å². The van der Waals surface area contributed by atoms with Gasteiger partial charge in [0.2, 0.25) is 5.95 Å². The molecule has 0 atom stereocenters. The second-order valence-electron chi connectivity index (χ2n) is 9.57. The fourth-order valence-corrected chi connectivity index (χ4v) is 4.58. The topological polar surface area (TPSA) is 107 Å². The minimum absolute atomic E-state index is 0.169. The van der Waals surface area contributed by atoms with Gasteiger partial charge in [0.1, 0.15) is 23.7 Å². The summed E-state index contributed by atoms with van der Waals surface area (Å²) in [5, 5.41) is 3.86. The van der Waals surface area contributed by atoms with Gasteiger partial charge >= 0.3 is 0 Å². The van der Waals surface area contributed by atoms with Gasteiger partial charge in [-0.1, -0.05) is 18.7 Å². The number of carbonyl (C=O) groups is 1. The zero-order chi connectivity index (χ0) is 27.5. The Balaban J connectivity index is 1.39. The summed E-state index contributed by atoms with van der Waals surface area (Å²) in [5.74, 6) is 0.979. The monoisotopic (exact) mass is 525 g/mol. The maximum absolute atomic E-state index is 13.2. The highest BCUT2D eigenvalue weighted by Gasteiger charge is 2.29. The molecular formula is C29H31N7O3. The molecule has 0 bridgehead atoms. The molecule has 0 radical (unpaired) electrons. The lowest BCUT2D eigenvalue weighted by molar-refractivity contribution is -0.114. The molecule has 0 unspecified atom stereocenters. The van der Waals surface area contributed by atoms with Crippen LogP contribution in [0.2, 0.25) is 0 Å². The van der Waals surface area contributed by atoms with Gasteiger partial charge in [-0.15, -0.1) is 0 Å². The zero-order valence-electron chi connectivity index (χ0n) is 22.3. The van der Waals surface area contributed by atoms with Gasteiger partial charge in [-0.3, -0.25) is 9.59 Å². The molecule has 0 saturated heterocycles. The minimum atomic E-state index is -0.276. The fraction of sp³-hybridized carbons (Fsp3) is 0.241. The Kier molecular flexibility index (Phi) is 7.29. The van der Waals surface area contributed by atoms with Crippen LogP contribution in [0.1, 0.15) is 5.56 Å². The average Bonchev–Trinajstić information content (AvgIpc) is 2.93. The number of fused-ring (bicyclic) bond motifs is 2. The van der Waals surface area contributed by atoms with E-state index in [2.05, 4.69) is 31.7 Å². The van der Waals surface area contributed by atoms with Crippen LogP contribution in [0.25, 0.3) is 11.0 Å². The summed E-state index contributed by atoms with van der Waals surface area (Å²) in [6, 6.07) is 15.1. The van der Waals surface area contributed by atoms with Crippen molar-refractivity contribution in [2.75, 3.05) is 55.5 Å². The highest BCUT2D eigenvalue weighted by Crippen LogP contribution is 2.39. The first-order valence-electron chi connectivity index (χ1n) is 12.7. The maximum Gasteiger partial charge on any atom is 0.273 e. The van der Waals surface area contributed by atoms with E-state index in [1.165, 1.54) is 6.08 Å². The van der Waals surface area contributed by atoms with E-state index in [9.17, 15) is 9.59 Å². The molecule has 1 aliphatic rings. The number of benzene rings is 2. The minimum Gasteiger partial charge on any atom is -0.492 e. The van der Waals surface area contributed by atoms with Crippen molar-refractivity contribution in [3.63, 3.8) is 0 Å². The molecule has 10 heteroatoms. The Morgan fingerprint density at radius 2 is 1.97 bits per heavy atom. The normalized spacial score (nSPS) is 12.9. The number of likely N-dealkylation sites (N-methyl/N-ethyl adjacent to an activating group) is 1. The number of carbonyl (C=O) groups excluding carboxylic acids is 1. The van der Waals surface area contributed by atoms with Crippen LogP contribution in [0.15, 0.2) is 72.2 Å². The number of anilines is 5. The molecule has 200 valence electrons. The van der Waals surface area contributed by atoms with Gasteiger partial charge < -0.3 is 29.7 Å². The number of nitrogens with zero attached hydrogens (tertiary/aromatic N) is 5. The standard InChI is InChI=1S/C29H31N7O3/c1-5-25(37)36-14-13-35(23-8-6-7-19(2)26(23)36)24-17-20-18-30-29(33-27(20)32-28(24)38)31-21-9-11-22(12-10-21)39-16-15-34(3)4/h5-12,17-18H,1,13-16H2,2-4H3,(H2,30,31,32,33,38). The van der Waals surface area contributed by atoms with E-state index < -0.39 is 0 Å². The number of amides is 1. The Labute approximate surface area is 226 Å². The van der Waals surface area contributed by atoms with Gasteiger partial charge in [0.05, 0.1) is 11.4 Å². The Morgan fingerprint density at radius 1 is 1.18 bits per heavy atom. The second kappa shape index (κ2) is 11.0. The van der Waals surface area contributed by atoms with Crippen LogP contribution >= 0.6 is 0 Å². The third-order valence-corrected chi connectivity index (χ3v) is 6.55. The first kappa shape index (κ1) is 25.9. The summed E-state index contributed by atoms with van der Waals surface area (Å²) in [6.45, 7) is 7.91. The lowest BCUT2D eigenvalue weighted by Crippen LogP contribution is -2.43. The highest BCUT2D eigenvalue weighted by molar-refractivity contribution is 6.05. The van der Waals surface area contributed by atoms with Crippen LogP contribution < -0.4 is 25.4 Å². The van der Waals surface area contributed by atoms with E-state index in [-0.39, 0.29) is 11.5 Å². The van der Waals surface area contributed by atoms with Crippen LogP contribution in [-0.2, 0) is 4.79 Å². The molecule has 0 spiro atoms. The van der Waals surface area contributed by atoms with E-state index in [1.807, 2.05) is 68.4 Å². The van der Waals surface area contributed by atoms with Crippen molar-refractivity contribution in [1.29, 1.82) is 0 Å². The van der Waals surface area contributed by atoms with Crippen LogP contribution in [0.3, 0.4) is 0 Å². The molecule has 0 fully saturated rings. The maximum atomic E-state index is 13.2. The predicted octanol–water partition coefficient (Wildman–Crippen LogP) is 3.98. The van der Waals surface area contributed by atoms with E-state index in [0.717, 1.165) is 34.9 Å². The number of H-pyrrole nitrogens is 1. The summed E-state index contributed by atoms with van der Waals surface area (Å²) in [5.41, 5.74) is 3.92. The zero-order valence-corrected chi connectivity index (χ0v) is 22.3. The molecule has 0 aliphatic carbocycles. The summed E-state index contributed by atoms with van der Waals surface area (Å²) in [6.07, 6.45) is 2.99. The van der Waals surface area contributed by atoms with E-state index in [1.54, 1.807) is 17.2 Å². The van der Waals surface area contributed by atoms with Crippen molar-refractivity contribution in [3.05, 3.63) is 83.3 Å². The fourth-order valence-electron chi connectivity index (χ4n) is 4.58. The van der Waals surface area contributed by atoms with Gasteiger partial charge in [-0.05, 0) is 69.1 Å². The van der Waals surface area contributed by atoms with Gasteiger partial charge in [-0.2, -0.15) is 4.98 Å². The number of hydrogen-bond acceptors (Lipinski definition) is 8. The summed E-state index contributed by atoms with van der Waals surface area (Å²) < 4.78 is 5.74. The number of ether oxygens (including phenoxy) is 1. The van der Waals surface area contributed by atoms with Crippen molar-refractivity contribution < 1.29 is 9.53 Å². The molecule has 5 rings (SSSR count).